The number of nitrogens with one attached hydrogen (secondary N) is 1. The standard InChI is InChI=1S/C23H28N4O3S/c1-5-27-21(14-30-19-12-11-16(2)13-20(19)29-4)25-26-23(27)31-15-22(28)24-17(3)18-9-7-6-8-10-18/h6-13,17H,5,14-15H2,1-4H3,(H,24,28)/t17-/m1/s1. The molecule has 1 heterocycles. The van der Waals surface area contributed by atoms with Crippen LogP contribution in [0.5, 0.6) is 11.5 Å². The molecule has 0 fully saturated rings. The predicted molar refractivity (Wildman–Crippen MR) is 121 cm³/mol. The SMILES string of the molecule is CCn1c(COc2ccc(C)cc2OC)nnc1SCC(=O)N[C@H](C)c1ccccc1. The van der Waals surface area contributed by atoms with Crippen LogP contribution in [-0.4, -0.2) is 33.5 Å². The minimum atomic E-state index is -0.0493. The second-order valence-corrected chi connectivity index (χ2v) is 8.02. The molecule has 0 saturated carbocycles. The number of aromatic nitrogens is 3. The van der Waals surface area contributed by atoms with Crippen molar-refractivity contribution < 1.29 is 14.3 Å². The third kappa shape index (κ3) is 6.01. The molecule has 0 saturated heterocycles. The van der Waals surface area contributed by atoms with Crippen molar-refractivity contribution in [2.45, 2.75) is 45.1 Å². The molecule has 3 rings (SSSR count). The van der Waals surface area contributed by atoms with Crippen LogP contribution in [0.15, 0.2) is 53.7 Å². The van der Waals surface area contributed by atoms with Gasteiger partial charge in [-0.05, 0) is 44.0 Å². The zero-order valence-electron chi connectivity index (χ0n) is 18.3. The number of carbonyl (C=O) groups excluding carboxylic acids is 1. The summed E-state index contributed by atoms with van der Waals surface area (Å²) in [5.74, 6) is 2.26. The summed E-state index contributed by atoms with van der Waals surface area (Å²) in [5, 5.41) is 12.2. The molecular formula is C23H28N4O3S. The van der Waals surface area contributed by atoms with E-state index in [1.54, 1.807) is 7.11 Å². The zero-order valence-corrected chi connectivity index (χ0v) is 19.1. The van der Waals surface area contributed by atoms with Gasteiger partial charge in [-0.1, -0.05) is 48.2 Å². The fourth-order valence-electron chi connectivity index (χ4n) is 3.12. The van der Waals surface area contributed by atoms with Gasteiger partial charge in [0.1, 0.15) is 6.61 Å². The monoisotopic (exact) mass is 440 g/mol. The van der Waals surface area contributed by atoms with Gasteiger partial charge in [0, 0.05) is 6.54 Å². The van der Waals surface area contributed by atoms with Gasteiger partial charge in [-0.3, -0.25) is 4.79 Å². The third-order valence-corrected chi connectivity index (χ3v) is 5.76. The average molecular weight is 441 g/mol. The molecule has 0 radical (unpaired) electrons. The van der Waals surface area contributed by atoms with Crippen molar-refractivity contribution in [1.82, 2.24) is 20.1 Å². The summed E-state index contributed by atoms with van der Waals surface area (Å²) in [6, 6.07) is 15.6. The molecule has 164 valence electrons. The van der Waals surface area contributed by atoms with E-state index in [9.17, 15) is 4.79 Å². The number of carbonyl (C=O) groups is 1. The van der Waals surface area contributed by atoms with Gasteiger partial charge in [-0.2, -0.15) is 0 Å². The molecule has 2 aromatic carbocycles. The molecule has 31 heavy (non-hydrogen) atoms. The van der Waals surface area contributed by atoms with Crippen LogP contribution < -0.4 is 14.8 Å². The molecule has 1 atom stereocenters. The highest BCUT2D eigenvalue weighted by molar-refractivity contribution is 7.99. The smallest absolute Gasteiger partial charge is 0.230 e. The van der Waals surface area contributed by atoms with Crippen LogP contribution in [0.1, 0.15) is 36.8 Å². The molecule has 1 N–H and O–H groups in total. The van der Waals surface area contributed by atoms with E-state index in [-0.39, 0.29) is 24.3 Å². The molecule has 0 aliphatic heterocycles. The number of benzene rings is 2. The predicted octanol–water partition coefficient (Wildman–Crippen LogP) is 4.16. The van der Waals surface area contributed by atoms with Gasteiger partial charge in [0.25, 0.3) is 0 Å². The molecule has 0 bridgehead atoms. The molecule has 1 aromatic heterocycles. The van der Waals surface area contributed by atoms with Crippen molar-refractivity contribution in [2.24, 2.45) is 0 Å². The molecule has 8 heteroatoms. The Hall–Kier alpha value is -3.00. The first-order valence-electron chi connectivity index (χ1n) is 10.2. The van der Waals surface area contributed by atoms with E-state index in [0.29, 0.717) is 29.0 Å². The van der Waals surface area contributed by atoms with Crippen molar-refractivity contribution in [1.29, 1.82) is 0 Å². The minimum absolute atomic E-state index is 0.0470. The summed E-state index contributed by atoms with van der Waals surface area (Å²) in [7, 11) is 1.62. The summed E-state index contributed by atoms with van der Waals surface area (Å²) < 4.78 is 13.3. The van der Waals surface area contributed by atoms with E-state index in [1.807, 2.05) is 73.9 Å². The molecular weight excluding hydrogens is 412 g/mol. The highest BCUT2D eigenvalue weighted by atomic mass is 32.2. The van der Waals surface area contributed by atoms with Gasteiger partial charge in [0.15, 0.2) is 22.5 Å². The number of nitrogens with zero attached hydrogens (tertiary/aromatic N) is 3. The Morgan fingerprint density at radius 2 is 1.94 bits per heavy atom. The Labute approximate surface area is 187 Å². The van der Waals surface area contributed by atoms with Gasteiger partial charge >= 0.3 is 0 Å². The number of hydrogen-bond donors (Lipinski definition) is 1. The van der Waals surface area contributed by atoms with Gasteiger partial charge in [-0.25, -0.2) is 0 Å². The third-order valence-electron chi connectivity index (χ3n) is 4.80. The number of methoxy groups -OCH3 is 1. The van der Waals surface area contributed by atoms with E-state index in [1.165, 1.54) is 11.8 Å². The largest absolute Gasteiger partial charge is 0.493 e. The molecule has 7 nitrogen and oxygen atoms in total. The first-order chi connectivity index (χ1) is 15.0. The number of amides is 1. The number of thioether (sulfide) groups is 1. The lowest BCUT2D eigenvalue weighted by Gasteiger charge is -2.14. The summed E-state index contributed by atoms with van der Waals surface area (Å²) in [6.45, 7) is 6.93. The Morgan fingerprint density at radius 1 is 1.16 bits per heavy atom. The number of aryl methyl sites for hydroxylation is 1. The molecule has 0 unspecified atom stereocenters. The van der Waals surface area contributed by atoms with E-state index in [2.05, 4.69) is 15.5 Å². The normalized spacial score (nSPS) is 11.7. The van der Waals surface area contributed by atoms with E-state index < -0.39 is 0 Å². The second kappa shape index (κ2) is 10.9. The number of hydrogen-bond acceptors (Lipinski definition) is 6. The van der Waals surface area contributed by atoms with Gasteiger partial charge in [0.2, 0.25) is 5.91 Å². The molecule has 0 aliphatic carbocycles. The van der Waals surface area contributed by atoms with E-state index >= 15 is 0 Å². The van der Waals surface area contributed by atoms with Gasteiger partial charge in [-0.15, -0.1) is 10.2 Å². The van der Waals surface area contributed by atoms with Crippen molar-refractivity contribution >= 4 is 17.7 Å². The first-order valence-corrected chi connectivity index (χ1v) is 11.2. The number of ether oxygens (including phenoxy) is 2. The van der Waals surface area contributed by atoms with Crippen molar-refractivity contribution in [3.8, 4) is 11.5 Å². The van der Waals surface area contributed by atoms with Crippen LogP contribution >= 0.6 is 11.8 Å². The Bertz CT molecular complexity index is 1010. The first kappa shape index (κ1) is 22.7. The van der Waals surface area contributed by atoms with Crippen molar-refractivity contribution in [2.75, 3.05) is 12.9 Å². The zero-order chi connectivity index (χ0) is 22.2. The van der Waals surface area contributed by atoms with Crippen molar-refractivity contribution in [3.05, 3.63) is 65.5 Å². The maximum atomic E-state index is 12.4. The lowest BCUT2D eigenvalue weighted by atomic mass is 10.1. The lowest BCUT2D eigenvalue weighted by Crippen LogP contribution is -2.28. The highest BCUT2D eigenvalue weighted by Gasteiger charge is 2.16. The van der Waals surface area contributed by atoms with Crippen LogP contribution in [0.3, 0.4) is 0 Å². The van der Waals surface area contributed by atoms with Crippen molar-refractivity contribution in [3.63, 3.8) is 0 Å². The fraction of sp³-hybridized carbons (Fsp3) is 0.348. The second-order valence-electron chi connectivity index (χ2n) is 7.07. The maximum Gasteiger partial charge on any atom is 0.230 e. The summed E-state index contributed by atoms with van der Waals surface area (Å²) in [6.07, 6.45) is 0. The van der Waals surface area contributed by atoms with Crippen LogP contribution in [0.2, 0.25) is 0 Å². The average Bonchev–Trinajstić information content (AvgIpc) is 3.19. The van der Waals surface area contributed by atoms with E-state index in [0.717, 1.165) is 11.1 Å². The summed E-state index contributed by atoms with van der Waals surface area (Å²) >= 11 is 1.37. The van der Waals surface area contributed by atoms with Crippen LogP contribution in [0.25, 0.3) is 0 Å². The topological polar surface area (TPSA) is 78.3 Å². The highest BCUT2D eigenvalue weighted by Crippen LogP contribution is 2.28. The Morgan fingerprint density at radius 3 is 2.65 bits per heavy atom. The molecule has 3 aromatic rings. The van der Waals surface area contributed by atoms with Crippen LogP contribution in [-0.2, 0) is 17.9 Å². The Kier molecular flexibility index (Phi) is 7.94. The Balaban J connectivity index is 1.58. The quantitative estimate of drug-likeness (QED) is 0.477. The fourth-order valence-corrected chi connectivity index (χ4v) is 3.96. The molecule has 1 amide bonds. The minimum Gasteiger partial charge on any atom is -0.493 e. The summed E-state index contributed by atoms with van der Waals surface area (Å²) in [4.78, 5) is 12.4. The van der Waals surface area contributed by atoms with Crippen LogP contribution in [0, 0.1) is 6.92 Å². The number of rotatable bonds is 10. The molecule has 0 spiro atoms. The van der Waals surface area contributed by atoms with E-state index in [4.69, 9.17) is 9.47 Å². The van der Waals surface area contributed by atoms with Crippen LogP contribution in [0.4, 0.5) is 0 Å². The summed E-state index contributed by atoms with van der Waals surface area (Å²) in [5.41, 5.74) is 2.17. The maximum absolute atomic E-state index is 12.4. The van der Waals surface area contributed by atoms with Gasteiger partial charge < -0.3 is 19.4 Å². The van der Waals surface area contributed by atoms with Gasteiger partial charge in [0.05, 0.1) is 18.9 Å². The molecule has 0 aliphatic rings. The lowest BCUT2D eigenvalue weighted by molar-refractivity contribution is -0.119.